The van der Waals surface area contributed by atoms with E-state index in [0.717, 1.165) is 43.0 Å². The normalized spacial score (nSPS) is 13.0. The Morgan fingerprint density at radius 3 is 1.09 bits per heavy atom. The lowest BCUT2D eigenvalue weighted by Gasteiger charge is -2.15. The third-order valence-corrected chi connectivity index (χ3v) is 20.4. The maximum atomic E-state index is 4.89. The molecule has 4 aliphatic rings. The van der Waals surface area contributed by atoms with Crippen LogP contribution in [0, 0.1) is 174 Å². The molecular weight excluding hydrogens is 1030 g/mol. The first kappa shape index (κ1) is 71.0. The highest BCUT2D eigenvalue weighted by Crippen LogP contribution is 2.42. The Bertz CT molecular complexity index is 3520. The smallest absolute Gasteiger partial charge is 0.0951 e. The Hall–Kier alpha value is -6.49. The quantitative estimate of drug-likeness (QED) is 0.0768. The van der Waals surface area contributed by atoms with Crippen molar-refractivity contribution in [2.45, 2.75) is 246 Å². The summed E-state index contributed by atoms with van der Waals surface area (Å²) in [6.07, 6.45) is 6.72. The largest absolute Gasteiger partial charge is 0.303 e. The molecule has 2 aliphatic carbocycles. The number of rotatable bonds is 3. The molecule has 0 amide bonds. The third kappa shape index (κ3) is 16.3. The number of hydrogen-bond acceptors (Lipinski definition) is 4. The van der Waals surface area contributed by atoms with Crippen molar-refractivity contribution in [1.29, 1.82) is 0 Å². The van der Waals surface area contributed by atoms with Gasteiger partial charge in [-0.25, -0.2) is 4.99 Å². The molecule has 2 aliphatic heterocycles. The van der Waals surface area contributed by atoms with Gasteiger partial charge >= 0.3 is 0 Å². The van der Waals surface area contributed by atoms with E-state index in [2.05, 4.69) is 226 Å². The SMILES string of the molecule is CC#CC1=Nc2c(C)c(C)c(C)c(C)c2C1.CC#CC1Cc2c(C)c(C)c(C)c(C)c2C1.CC(C)=C(C)C1=Nc2c(C)c(C)c(C)c(C)c2C1.CC(C)=C(C)C1Cc2c(C)c(C)c(C)c(C)c2C1.CC(C)=NN(C)C.Cc1ccc(C)c(C)c1C. The zero-order valence-corrected chi connectivity index (χ0v) is 59.8. The predicted molar refractivity (Wildman–Crippen MR) is 378 cm³/mol. The van der Waals surface area contributed by atoms with Gasteiger partial charge in [-0.3, -0.25) is 4.99 Å². The van der Waals surface area contributed by atoms with Crippen LogP contribution in [0.25, 0.3) is 0 Å². The van der Waals surface area contributed by atoms with Crippen molar-refractivity contribution >= 4 is 28.5 Å². The summed E-state index contributed by atoms with van der Waals surface area (Å²) in [7, 11) is 3.82. The first-order valence-corrected chi connectivity index (χ1v) is 31.4. The molecule has 456 valence electrons. The number of aryl methyl sites for hydroxylation is 2. The summed E-state index contributed by atoms with van der Waals surface area (Å²) < 4.78 is 0. The minimum Gasteiger partial charge on any atom is -0.303 e. The molecule has 9 rings (SSSR count). The molecule has 0 aromatic heterocycles. The molecule has 0 N–H and O–H groups in total. The number of nitrogens with zero attached hydrogens (tertiary/aromatic N) is 4. The van der Waals surface area contributed by atoms with Crippen LogP contribution in [0.1, 0.15) is 214 Å². The van der Waals surface area contributed by atoms with E-state index in [0.29, 0.717) is 5.92 Å². The zero-order chi connectivity index (χ0) is 64.5. The van der Waals surface area contributed by atoms with E-state index in [1.807, 2.05) is 41.8 Å². The highest BCUT2D eigenvalue weighted by atomic mass is 15.4. The predicted octanol–water partition coefficient (Wildman–Crippen LogP) is 21.0. The van der Waals surface area contributed by atoms with Crippen molar-refractivity contribution in [1.82, 2.24) is 5.01 Å². The van der Waals surface area contributed by atoms with Crippen molar-refractivity contribution in [3.8, 4) is 23.7 Å². The van der Waals surface area contributed by atoms with E-state index in [-0.39, 0.29) is 0 Å². The highest BCUT2D eigenvalue weighted by molar-refractivity contribution is 6.08. The van der Waals surface area contributed by atoms with E-state index in [9.17, 15) is 0 Å². The molecule has 4 nitrogen and oxygen atoms in total. The lowest BCUT2D eigenvalue weighted by molar-refractivity contribution is 0.437. The molecule has 0 saturated carbocycles. The maximum absolute atomic E-state index is 4.89. The summed E-state index contributed by atoms with van der Waals surface area (Å²) in [5.74, 6) is 13.7. The second-order valence-corrected chi connectivity index (χ2v) is 26.2. The minimum atomic E-state index is 0.554. The van der Waals surface area contributed by atoms with Crippen LogP contribution in [-0.4, -0.2) is 36.2 Å². The summed E-state index contributed by atoms with van der Waals surface area (Å²) in [6, 6.07) is 4.36. The standard InChI is InChI=1S/C18H26.C17H23N.C16H20.C15H17N.C10H14.C5H12N2/c1-10(2)11(3)16-8-17-14(6)12(4)13(5)15(7)18(17)9-16;1-9(2)10(3)16-8-15-13(6)11(4)12(5)14(7)17(15)18-16;1-6-7-14-8-15-12(4)10(2)11(3)13(5)16(15)9-14;1-6-7-13-8-14-11(4)9(2)10(3)12(5)15(14)16-13;1-7-5-6-8(2)10(4)9(7)3;1-5(2)6-7(3)4/h16H,8-9H2,1-7H3;8H2,1-7H3;14H,8-9H2,1-5H3;8H2,1-5H3;5-6H,1-4H3;1-4H3. The lowest BCUT2D eigenvalue weighted by atomic mass is 9.90. The van der Waals surface area contributed by atoms with Crippen LogP contribution in [0.3, 0.4) is 0 Å². The van der Waals surface area contributed by atoms with Crippen LogP contribution in [0.15, 0.2) is 49.5 Å². The summed E-state index contributed by atoms with van der Waals surface area (Å²) in [5.41, 5.74) is 49.5. The third-order valence-electron chi connectivity index (χ3n) is 20.4. The summed E-state index contributed by atoms with van der Waals surface area (Å²) in [4.78, 5) is 9.54. The first-order valence-electron chi connectivity index (χ1n) is 31.4. The lowest BCUT2D eigenvalue weighted by Crippen LogP contribution is -2.03. The van der Waals surface area contributed by atoms with Crippen LogP contribution in [-0.2, 0) is 38.5 Å². The molecule has 0 atom stereocenters. The van der Waals surface area contributed by atoms with Gasteiger partial charge in [0.05, 0.1) is 17.1 Å². The van der Waals surface area contributed by atoms with Gasteiger partial charge in [0.2, 0.25) is 0 Å². The number of hydrogen-bond donors (Lipinski definition) is 0. The molecule has 0 spiro atoms. The maximum Gasteiger partial charge on any atom is 0.0951 e. The minimum absolute atomic E-state index is 0.554. The van der Waals surface area contributed by atoms with E-state index in [1.165, 1.54) is 169 Å². The van der Waals surface area contributed by atoms with Crippen molar-refractivity contribution < 1.29 is 0 Å². The van der Waals surface area contributed by atoms with Gasteiger partial charge < -0.3 is 5.01 Å². The van der Waals surface area contributed by atoms with Gasteiger partial charge in [0, 0.05) is 44.3 Å². The molecule has 4 heteroatoms. The van der Waals surface area contributed by atoms with Crippen molar-refractivity contribution in [2.75, 3.05) is 14.1 Å². The van der Waals surface area contributed by atoms with Gasteiger partial charge in [-0.15, -0.1) is 11.8 Å². The summed E-state index contributed by atoms with van der Waals surface area (Å²) >= 11 is 0. The fourth-order valence-electron chi connectivity index (χ4n) is 12.6. The molecule has 5 aromatic carbocycles. The van der Waals surface area contributed by atoms with Crippen molar-refractivity contribution in [2.24, 2.45) is 26.9 Å². The Morgan fingerprint density at radius 1 is 0.412 bits per heavy atom. The second-order valence-electron chi connectivity index (χ2n) is 26.2. The molecule has 0 saturated heterocycles. The second kappa shape index (κ2) is 30.2. The van der Waals surface area contributed by atoms with E-state index in [4.69, 9.17) is 4.99 Å². The molecule has 0 bridgehead atoms. The first-order chi connectivity index (χ1) is 39.5. The monoisotopic (exact) mass is 1140 g/mol. The van der Waals surface area contributed by atoms with Gasteiger partial charge in [0.1, 0.15) is 0 Å². The summed E-state index contributed by atoms with van der Waals surface area (Å²) in [6.45, 7) is 65.5. The van der Waals surface area contributed by atoms with Gasteiger partial charge in [0.15, 0.2) is 0 Å². The van der Waals surface area contributed by atoms with Crippen molar-refractivity contribution in [3.63, 3.8) is 0 Å². The van der Waals surface area contributed by atoms with E-state index >= 15 is 0 Å². The molecule has 0 radical (unpaired) electrons. The molecule has 0 unspecified atom stereocenters. The number of benzene rings is 5. The topological polar surface area (TPSA) is 40.3 Å². The average Bonchev–Trinajstić information content (AvgIpc) is 3.74. The molecular formula is C81H112N4. The molecule has 5 aromatic rings. The number of fused-ring (bicyclic) bond motifs is 4. The summed E-state index contributed by atoms with van der Waals surface area (Å²) in [5, 5.41) is 5.81. The number of allylic oxidation sites excluding steroid dienone is 4. The Kier molecular flexibility index (Phi) is 25.2. The van der Waals surface area contributed by atoms with E-state index < -0.39 is 0 Å². The van der Waals surface area contributed by atoms with Gasteiger partial charge in [-0.05, 0) is 390 Å². The molecule has 85 heavy (non-hydrogen) atoms. The molecule has 0 fully saturated rings. The highest BCUT2D eigenvalue weighted by Gasteiger charge is 2.29. The van der Waals surface area contributed by atoms with Gasteiger partial charge in [0.25, 0.3) is 0 Å². The zero-order valence-electron chi connectivity index (χ0n) is 59.8. The Morgan fingerprint density at radius 2 is 0.765 bits per heavy atom. The van der Waals surface area contributed by atoms with Gasteiger partial charge in [-0.2, -0.15) is 5.10 Å². The number of aliphatic imine (C=N–C) groups is 2. The van der Waals surface area contributed by atoms with Crippen molar-refractivity contribution in [3.05, 3.63) is 179 Å². The molecule has 2 heterocycles. The average molecular weight is 1140 g/mol. The Labute approximate surface area is 520 Å². The van der Waals surface area contributed by atoms with Crippen LogP contribution in [0.2, 0.25) is 0 Å². The fourth-order valence-corrected chi connectivity index (χ4v) is 12.6. The van der Waals surface area contributed by atoms with Crippen LogP contribution in [0.5, 0.6) is 0 Å². The van der Waals surface area contributed by atoms with Gasteiger partial charge in [-0.1, -0.05) is 40.7 Å². The van der Waals surface area contributed by atoms with Crippen LogP contribution >= 0.6 is 0 Å². The Balaban J connectivity index is 0.000000224. The van der Waals surface area contributed by atoms with Crippen LogP contribution < -0.4 is 0 Å². The van der Waals surface area contributed by atoms with Crippen LogP contribution in [0.4, 0.5) is 11.4 Å². The van der Waals surface area contributed by atoms with E-state index in [1.54, 1.807) is 32.8 Å². The number of hydrazone groups is 1. The fraction of sp³-hybridized carbons (Fsp3) is 0.494.